The zero-order valence-corrected chi connectivity index (χ0v) is 16.7. The molecular weight excluding hydrogens is 413 g/mol. The number of ether oxygens (including phenoxy) is 1. The van der Waals surface area contributed by atoms with Gasteiger partial charge in [-0.15, -0.1) is 0 Å². The van der Waals surface area contributed by atoms with Crippen LogP contribution in [0.1, 0.15) is 13.3 Å². The normalized spacial score (nSPS) is 32.7. The van der Waals surface area contributed by atoms with Crippen molar-refractivity contribution in [3.63, 3.8) is 0 Å². The number of rotatable bonds is 5. The molecule has 9 heteroatoms. The van der Waals surface area contributed by atoms with Crippen molar-refractivity contribution in [2.75, 3.05) is 18.2 Å². The molecule has 0 N–H and O–H groups in total. The first-order chi connectivity index (χ1) is 14.7. The average molecular weight is 434 g/mol. The fourth-order valence-electron chi connectivity index (χ4n) is 5.60. The molecule has 1 aromatic rings. The standard InChI is InChI=1S/C22H21F3N2O4/c1-2-31-12-5-3-11(4-6-12)26(21(30)22(23,24)25)10-27-19(28)17-13-7-8-14(16-9-15(13)16)18(17)20(27)29/h3-8,13-18H,2,9-10H2,1H3. The van der Waals surface area contributed by atoms with Crippen LogP contribution in [-0.4, -0.2) is 42.1 Å². The maximum Gasteiger partial charge on any atom is 0.471 e. The summed E-state index contributed by atoms with van der Waals surface area (Å²) in [6.45, 7) is 1.39. The van der Waals surface area contributed by atoms with Gasteiger partial charge < -0.3 is 4.74 Å². The lowest BCUT2D eigenvalue weighted by atomic mass is 9.63. The lowest BCUT2D eigenvalue weighted by Gasteiger charge is -2.37. The van der Waals surface area contributed by atoms with Gasteiger partial charge in [0, 0.05) is 5.69 Å². The number of hydrogen-bond donors (Lipinski definition) is 0. The van der Waals surface area contributed by atoms with Gasteiger partial charge in [0.2, 0.25) is 11.8 Å². The summed E-state index contributed by atoms with van der Waals surface area (Å²) >= 11 is 0. The number of allylic oxidation sites excluding steroid dienone is 2. The van der Waals surface area contributed by atoms with E-state index in [1.54, 1.807) is 6.92 Å². The molecule has 3 fully saturated rings. The number of alkyl halides is 3. The Labute approximate surface area is 176 Å². The first kappa shape index (κ1) is 20.1. The summed E-state index contributed by atoms with van der Waals surface area (Å²) in [4.78, 5) is 39.7. The van der Waals surface area contributed by atoms with Crippen LogP contribution < -0.4 is 9.64 Å². The van der Waals surface area contributed by atoms with Gasteiger partial charge in [0.25, 0.3) is 0 Å². The molecule has 2 bridgehead atoms. The van der Waals surface area contributed by atoms with Crippen LogP contribution in [0.25, 0.3) is 0 Å². The highest BCUT2D eigenvalue weighted by Crippen LogP contribution is 2.65. The fourth-order valence-corrected chi connectivity index (χ4v) is 5.60. The lowest BCUT2D eigenvalue weighted by molar-refractivity contribution is -0.171. The molecule has 31 heavy (non-hydrogen) atoms. The van der Waals surface area contributed by atoms with E-state index in [-0.39, 0.29) is 17.5 Å². The van der Waals surface area contributed by atoms with Gasteiger partial charge in [-0.2, -0.15) is 13.2 Å². The Hall–Kier alpha value is -2.84. The SMILES string of the molecule is CCOc1ccc(N(CN2C(=O)C3C4C=CC(C5CC45)C3C2=O)C(=O)C(F)(F)F)cc1. The molecule has 0 radical (unpaired) electrons. The predicted octanol–water partition coefficient (Wildman–Crippen LogP) is 2.99. The molecule has 1 saturated heterocycles. The number of likely N-dealkylation sites (tertiary alicyclic amines) is 1. The average Bonchev–Trinajstić information content (AvgIpc) is 3.52. The number of hydrogen-bond acceptors (Lipinski definition) is 4. The molecule has 1 aromatic carbocycles. The van der Waals surface area contributed by atoms with E-state index < -0.39 is 42.4 Å². The number of carbonyl (C=O) groups excluding carboxylic acids is 3. The Morgan fingerprint density at radius 3 is 2.10 bits per heavy atom. The number of halogens is 3. The second-order valence-corrected chi connectivity index (χ2v) is 8.56. The van der Waals surface area contributed by atoms with Crippen LogP contribution in [0, 0.1) is 35.5 Å². The van der Waals surface area contributed by atoms with Crippen molar-refractivity contribution < 1.29 is 32.3 Å². The smallest absolute Gasteiger partial charge is 0.471 e. The van der Waals surface area contributed by atoms with Gasteiger partial charge in [0.15, 0.2) is 0 Å². The Balaban J connectivity index is 1.44. The summed E-state index contributed by atoms with van der Waals surface area (Å²) in [6, 6.07) is 5.52. The van der Waals surface area contributed by atoms with E-state index in [1.807, 2.05) is 12.2 Å². The number of benzene rings is 1. The van der Waals surface area contributed by atoms with Crippen LogP contribution in [0.5, 0.6) is 5.75 Å². The van der Waals surface area contributed by atoms with Crippen LogP contribution in [-0.2, 0) is 14.4 Å². The van der Waals surface area contributed by atoms with Gasteiger partial charge in [-0.1, -0.05) is 12.2 Å². The zero-order chi connectivity index (χ0) is 22.1. The third-order valence-corrected chi connectivity index (χ3v) is 6.98. The van der Waals surface area contributed by atoms with Crippen molar-refractivity contribution in [3.8, 4) is 5.75 Å². The van der Waals surface area contributed by atoms with Crippen LogP contribution in [0.2, 0.25) is 0 Å². The number of amides is 3. The summed E-state index contributed by atoms with van der Waals surface area (Å²) in [5.74, 6) is -3.04. The van der Waals surface area contributed by atoms with E-state index in [2.05, 4.69) is 0 Å². The topological polar surface area (TPSA) is 66.9 Å². The molecule has 1 heterocycles. The molecule has 6 atom stereocenters. The molecule has 6 unspecified atom stereocenters. The Morgan fingerprint density at radius 2 is 1.61 bits per heavy atom. The maximum atomic E-state index is 13.3. The van der Waals surface area contributed by atoms with E-state index in [1.165, 1.54) is 24.3 Å². The van der Waals surface area contributed by atoms with Crippen molar-refractivity contribution in [2.24, 2.45) is 35.5 Å². The molecule has 3 amide bonds. The molecular formula is C22H21F3N2O4. The third-order valence-electron chi connectivity index (χ3n) is 6.98. The minimum Gasteiger partial charge on any atom is -0.494 e. The van der Waals surface area contributed by atoms with Crippen molar-refractivity contribution in [2.45, 2.75) is 19.5 Å². The molecule has 2 saturated carbocycles. The third kappa shape index (κ3) is 3.04. The van der Waals surface area contributed by atoms with Crippen LogP contribution in [0.15, 0.2) is 36.4 Å². The van der Waals surface area contributed by atoms with Gasteiger partial charge >= 0.3 is 12.1 Å². The summed E-state index contributed by atoms with van der Waals surface area (Å²) in [5, 5.41) is 0. The number of anilines is 1. The van der Waals surface area contributed by atoms with E-state index in [9.17, 15) is 27.6 Å². The van der Waals surface area contributed by atoms with Crippen molar-refractivity contribution in [1.29, 1.82) is 0 Å². The summed E-state index contributed by atoms with van der Waals surface area (Å²) in [7, 11) is 0. The van der Waals surface area contributed by atoms with Gasteiger partial charge in [-0.25, -0.2) is 0 Å². The number of imide groups is 1. The first-order valence-electron chi connectivity index (χ1n) is 10.4. The maximum absolute atomic E-state index is 13.3. The number of carbonyl (C=O) groups is 3. The molecule has 4 aliphatic carbocycles. The van der Waals surface area contributed by atoms with E-state index in [0.29, 0.717) is 29.1 Å². The Morgan fingerprint density at radius 1 is 1.06 bits per heavy atom. The predicted molar refractivity (Wildman–Crippen MR) is 103 cm³/mol. The van der Waals surface area contributed by atoms with E-state index in [0.717, 1.165) is 11.3 Å². The monoisotopic (exact) mass is 434 g/mol. The molecule has 0 aromatic heterocycles. The Kier molecular flexibility index (Phi) is 4.43. The van der Waals surface area contributed by atoms with Gasteiger partial charge in [0.05, 0.1) is 18.4 Å². The summed E-state index contributed by atoms with van der Waals surface area (Å²) in [5.41, 5.74) is -0.0646. The molecule has 0 spiro atoms. The molecule has 6 rings (SSSR count). The first-order valence-corrected chi connectivity index (χ1v) is 10.4. The van der Waals surface area contributed by atoms with Crippen molar-refractivity contribution >= 4 is 23.4 Å². The zero-order valence-electron chi connectivity index (χ0n) is 16.7. The van der Waals surface area contributed by atoms with Crippen LogP contribution in [0.4, 0.5) is 18.9 Å². The minimum absolute atomic E-state index is 0.0429. The van der Waals surface area contributed by atoms with Gasteiger partial charge in [0.1, 0.15) is 12.4 Å². The van der Waals surface area contributed by atoms with Crippen LogP contribution >= 0.6 is 0 Å². The summed E-state index contributed by atoms with van der Waals surface area (Å²) < 4.78 is 45.3. The van der Waals surface area contributed by atoms with Gasteiger partial charge in [-0.3, -0.25) is 24.2 Å². The Bertz CT molecular complexity index is 938. The quantitative estimate of drug-likeness (QED) is 0.528. The van der Waals surface area contributed by atoms with Crippen molar-refractivity contribution in [3.05, 3.63) is 36.4 Å². The molecule has 164 valence electrons. The number of nitrogens with zero attached hydrogens (tertiary/aromatic N) is 2. The largest absolute Gasteiger partial charge is 0.494 e. The van der Waals surface area contributed by atoms with Crippen LogP contribution in [0.3, 0.4) is 0 Å². The molecule has 1 aliphatic heterocycles. The van der Waals surface area contributed by atoms with E-state index in [4.69, 9.17) is 4.74 Å². The summed E-state index contributed by atoms with van der Waals surface area (Å²) in [6.07, 6.45) is -0.195. The highest BCUT2D eigenvalue weighted by Gasteiger charge is 2.67. The second kappa shape index (κ2) is 6.83. The highest BCUT2D eigenvalue weighted by atomic mass is 19.4. The van der Waals surface area contributed by atoms with Gasteiger partial charge in [-0.05, 0) is 61.3 Å². The van der Waals surface area contributed by atoms with Crippen molar-refractivity contribution in [1.82, 2.24) is 4.90 Å². The fraction of sp³-hybridized carbons (Fsp3) is 0.500. The minimum atomic E-state index is -5.15. The van der Waals surface area contributed by atoms with E-state index >= 15 is 0 Å². The molecule has 6 nitrogen and oxygen atoms in total. The molecule has 5 aliphatic rings. The second-order valence-electron chi connectivity index (χ2n) is 8.56. The lowest BCUT2D eigenvalue weighted by Crippen LogP contribution is -2.49. The highest BCUT2D eigenvalue weighted by molar-refractivity contribution is 6.07.